The predicted molar refractivity (Wildman–Crippen MR) is 151 cm³/mol. The third-order valence-electron chi connectivity index (χ3n) is 6.59. The molecule has 4 aromatic rings. The summed E-state index contributed by atoms with van der Waals surface area (Å²) in [6.45, 7) is -0.255. The molecular formula is C29H21ClN2O5S2. The second-order valence-corrected chi connectivity index (χ2v) is 12.3. The summed E-state index contributed by atoms with van der Waals surface area (Å²) in [7, 11) is -4.04. The number of benzene rings is 4. The molecule has 0 radical (unpaired) electrons. The minimum atomic E-state index is -4.04. The lowest BCUT2D eigenvalue weighted by Gasteiger charge is -2.30. The monoisotopic (exact) mass is 576 g/mol. The molecule has 7 nitrogen and oxygen atoms in total. The number of halogens is 1. The number of hydrogen-bond donors (Lipinski definition) is 0. The van der Waals surface area contributed by atoms with E-state index < -0.39 is 28.5 Å². The molecule has 2 aliphatic rings. The number of carbonyl (C=O) groups excluding carboxylic acids is 2. The number of hydrogen-bond acceptors (Lipinski definition) is 6. The minimum Gasteiger partial charge on any atom is -0.452 e. The summed E-state index contributed by atoms with van der Waals surface area (Å²) in [6, 6.07) is 26.2. The summed E-state index contributed by atoms with van der Waals surface area (Å²) < 4.78 is 33.7. The highest BCUT2D eigenvalue weighted by molar-refractivity contribution is 7.99. The number of anilines is 3. The van der Waals surface area contributed by atoms with Crippen molar-refractivity contribution in [1.29, 1.82) is 0 Å². The summed E-state index contributed by atoms with van der Waals surface area (Å²) in [4.78, 5) is 29.5. The molecule has 2 aliphatic heterocycles. The van der Waals surface area contributed by atoms with Gasteiger partial charge in [0.1, 0.15) is 4.90 Å². The molecule has 0 saturated carbocycles. The maximum absolute atomic E-state index is 13.5. The highest BCUT2D eigenvalue weighted by atomic mass is 35.5. The Morgan fingerprint density at radius 2 is 1.46 bits per heavy atom. The van der Waals surface area contributed by atoms with E-state index in [0.717, 1.165) is 15.4 Å². The van der Waals surface area contributed by atoms with Gasteiger partial charge in [0.2, 0.25) is 0 Å². The van der Waals surface area contributed by atoms with E-state index in [4.69, 9.17) is 16.3 Å². The van der Waals surface area contributed by atoms with E-state index in [0.29, 0.717) is 23.5 Å². The fourth-order valence-corrected chi connectivity index (χ4v) is 7.82. The van der Waals surface area contributed by atoms with Gasteiger partial charge in [0, 0.05) is 16.3 Å². The quantitative estimate of drug-likeness (QED) is 0.268. The van der Waals surface area contributed by atoms with Gasteiger partial charge in [0.05, 0.1) is 27.6 Å². The largest absolute Gasteiger partial charge is 0.452 e. The fraction of sp³-hybridized carbons (Fsp3) is 0.103. The zero-order chi connectivity index (χ0) is 27.1. The van der Waals surface area contributed by atoms with Gasteiger partial charge in [0.15, 0.2) is 6.61 Å². The average molecular weight is 577 g/mol. The number of rotatable bonds is 5. The number of para-hydroxylation sites is 3. The van der Waals surface area contributed by atoms with Crippen LogP contribution in [0.3, 0.4) is 0 Å². The minimum absolute atomic E-state index is 0.00830. The van der Waals surface area contributed by atoms with Crippen LogP contribution in [0.5, 0.6) is 0 Å². The Hall–Kier alpha value is -3.79. The van der Waals surface area contributed by atoms with Crippen molar-refractivity contribution in [2.45, 2.75) is 21.1 Å². The van der Waals surface area contributed by atoms with Crippen molar-refractivity contribution in [1.82, 2.24) is 0 Å². The summed E-state index contributed by atoms with van der Waals surface area (Å²) in [5.41, 5.74) is 2.90. The van der Waals surface area contributed by atoms with Crippen molar-refractivity contribution in [3.8, 4) is 0 Å². The lowest BCUT2D eigenvalue weighted by molar-refractivity contribution is -0.121. The van der Waals surface area contributed by atoms with Gasteiger partial charge < -0.3 is 4.74 Å². The molecule has 0 atom stereocenters. The lowest BCUT2D eigenvalue weighted by atomic mass is 10.2. The maximum atomic E-state index is 13.5. The Kier molecular flexibility index (Phi) is 6.58. The number of amides is 1. The van der Waals surface area contributed by atoms with E-state index >= 15 is 0 Å². The van der Waals surface area contributed by atoms with Gasteiger partial charge >= 0.3 is 5.97 Å². The fourth-order valence-electron chi connectivity index (χ4n) is 4.75. The van der Waals surface area contributed by atoms with Crippen LogP contribution in [-0.4, -0.2) is 33.4 Å². The number of ether oxygens (including phenoxy) is 1. The molecule has 10 heteroatoms. The normalized spacial score (nSPS) is 13.9. The van der Waals surface area contributed by atoms with Crippen LogP contribution in [-0.2, 0) is 26.0 Å². The number of sulfonamides is 1. The second kappa shape index (κ2) is 10.1. The van der Waals surface area contributed by atoms with Crippen LogP contribution in [0.4, 0.5) is 17.1 Å². The first-order chi connectivity index (χ1) is 18.8. The zero-order valence-electron chi connectivity index (χ0n) is 20.4. The first-order valence-corrected chi connectivity index (χ1v) is 14.7. The summed E-state index contributed by atoms with van der Waals surface area (Å²) in [5.74, 6) is -1.26. The highest BCUT2D eigenvalue weighted by Crippen LogP contribution is 2.47. The van der Waals surface area contributed by atoms with Gasteiger partial charge in [-0.2, -0.15) is 0 Å². The van der Waals surface area contributed by atoms with E-state index in [9.17, 15) is 18.0 Å². The number of carbonyl (C=O) groups is 2. The third-order valence-corrected chi connectivity index (χ3v) is 10.0. The number of fused-ring (bicyclic) bond motifs is 3. The first kappa shape index (κ1) is 25.5. The van der Waals surface area contributed by atoms with E-state index in [1.54, 1.807) is 23.9 Å². The van der Waals surface area contributed by atoms with Gasteiger partial charge in [-0.3, -0.25) is 14.0 Å². The van der Waals surface area contributed by atoms with E-state index in [1.807, 2.05) is 60.7 Å². The predicted octanol–water partition coefficient (Wildman–Crippen LogP) is 6.08. The van der Waals surface area contributed by atoms with E-state index in [-0.39, 0.29) is 22.0 Å². The van der Waals surface area contributed by atoms with Crippen LogP contribution in [0.2, 0.25) is 5.02 Å². The molecule has 0 N–H and O–H groups in total. The molecule has 4 aromatic carbocycles. The van der Waals surface area contributed by atoms with Crippen molar-refractivity contribution < 1.29 is 22.7 Å². The molecule has 0 spiro atoms. The van der Waals surface area contributed by atoms with Gasteiger partial charge in [-0.25, -0.2) is 13.2 Å². The van der Waals surface area contributed by atoms with Crippen LogP contribution in [0, 0.1) is 0 Å². The van der Waals surface area contributed by atoms with Crippen molar-refractivity contribution in [3.63, 3.8) is 0 Å². The van der Waals surface area contributed by atoms with Crippen LogP contribution < -0.4 is 9.21 Å². The Bertz CT molecular complexity index is 1700. The third kappa shape index (κ3) is 4.56. The van der Waals surface area contributed by atoms with Crippen LogP contribution in [0.25, 0.3) is 0 Å². The molecule has 39 heavy (non-hydrogen) atoms. The SMILES string of the molecule is O=C(OCC(=O)N1c2ccccc2Sc2ccccc21)c1ccc(Cl)c(S(=O)(=O)N2CCc3ccccc32)c1. The van der Waals surface area contributed by atoms with Gasteiger partial charge in [-0.15, -0.1) is 0 Å². The molecule has 0 saturated heterocycles. The molecule has 0 bridgehead atoms. The van der Waals surface area contributed by atoms with Crippen molar-refractivity contribution in [3.05, 3.63) is 107 Å². The molecule has 6 rings (SSSR count). The standard InChI is InChI=1S/C29H21ClN2O5S2/c30-21-14-13-20(17-27(21)39(35,36)31-16-15-19-7-1-2-8-22(19)31)29(34)37-18-28(33)32-23-9-3-5-11-25(23)38-26-12-6-4-10-24(26)32/h1-14,17H,15-16,18H2. The molecule has 196 valence electrons. The van der Waals surface area contributed by atoms with Crippen molar-refractivity contribution >= 4 is 62.3 Å². The number of esters is 1. The molecule has 0 unspecified atom stereocenters. The van der Waals surface area contributed by atoms with Gasteiger partial charge in [-0.1, -0.05) is 65.8 Å². The highest BCUT2D eigenvalue weighted by Gasteiger charge is 2.33. The molecule has 0 aliphatic carbocycles. The Morgan fingerprint density at radius 1 is 0.846 bits per heavy atom. The molecular weight excluding hydrogens is 556 g/mol. The first-order valence-electron chi connectivity index (χ1n) is 12.1. The van der Waals surface area contributed by atoms with Crippen LogP contribution in [0.1, 0.15) is 15.9 Å². The van der Waals surface area contributed by atoms with E-state index in [1.165, 1.54) is 27.4 Å². The average Bonchev–Trinajstić information content (AvgIpc) is 3.40. The summed E-state index contributed by atoms with van der Waals surface area (Å²) in [6.07, 6.45) is 0.581. The van der Waals surface area contributed by atoms with Crippen LogP contribution >= 0.6 is 23.4 Å². The van der Waals surface area contributed by atoms with Crippen molar-refractivity contribution in [2.75, 3.05) is 22.4 Å². The number of nitrogens with zero attached hydrogens (tertiary/aromatic N) is 2. The molecule has 0 fully saturated rings. The van der Waals surface area contributed by atoms with Crippen molar-refractivity contribution in [2.24, 2.45) is 0 Å². The maximum Gasteiger partial charge on any atom is 0.338 e. The topological polar surface area (TPSA) is 84.0 Å². The van der Waals surface area contributed by atoms with Gasteiger partial charge in [-0.05, 0) is 60.5 Å². The zero-order valence-corrected chi connectivity index (χ0v) is 22.8. The molecule has 1 amide bonds. The van der Waals surface area contributed by atoms with E-state index in [2.05, 4.69) is 0 Å². The summed E-state index contributed by atoms with van der Waals surface area (Å²) in [5, 5.41) is -0.00830. The smallest absolute Gasteiger partial charge is 0.338 e. The lowest BCUT2D eigenvalue weighted by Crippen LogP contribution is -2.32. The second-order valence-electron chi connectivity index (χ2n) is 8.94. The molecule has 2 heterocycles. The van der Waals surface area contributed by atoms with Crippen LogP contribution in [0.15, 0.2) is 106 Å². The Labute approximate surface area is 235 Å². The Balaban J connectivity index is 1.23. The Morgan fingerprint density at radius 3 is 2.15 bits per heavy atom. The van der Waals surface area contributed by atoms with Gasteiger partial charge in [0.25, 0.3) is 15.9 Å². The molecule has 0 aromatic heterocycles. The summed E-state index contributed by atoms with van der Waals surface area (Å²) >= 11 is 7.86.